The maximum absolute atomic E-state index is 13.0. The Kier molecular flexibility index (Phi) is 4.16. The molecule has 2 atom stereocenters. The fourth-order valence-corrected chi connectivity index (χ4v) is 3.46. The first kappa shape index (κ1) is 16.5. The van der Waals surface area contributed by atoms with Gasteiger partial charge in [0.05, 0.1) is 0 Å². The molecule has 2 heteroatoms. The molecule has 0 aromatic carbocycles. The monoisotopic (exact) mass is 267 g/mol. The Balaban J connectivity index is 3.16. The highest BCUT2D eigenvalue weighted by molar-refractivity contribution is 5.81. The Labute approximate surface area is 119 Å². The molecule has 1 rings (SSSR count). The average Bonchev–Trinajstić information content (AvgIpc) is 2.11. The third-order valence-corrected chi connectivity index (χ3v) is 4.45. The summed E-state index contributed by atoms with van der Waals surface area (Å²) >= 11 is 0. The number of carbonyl (C=O) groups is 1. The van der Waals surface area contributed by atoms with Crippen molar-refractivity contribution in [1.82, 2.24) is 4.90 Å². The van der Waals surface area contributed by atoms with Gasteiger partial charge >= 0.3 is 0 Å². The molecule has 2 unspecified atom stereocenters. The van der Waals surface area contributed by atoms with E-state index in [0.717, 1.165) is 13.0 Å². The van der Waals surface area contributed by atoms with E-state index in [-0.39, 0.29) is 22.3 Å². The van der Waals surface area contributed by atoms with Gasteiger partial charge in [0, 0.05) is 18.0 Å². The van der Waals surface area contributed by atoms with Crippen molar-refractivity contribution in [3.8, 4) is 0 Å². The zero-order valence-corrected chi connectivity index (χ0v) is 14.4. The number of rotatable bonds is 0. The maximum atomic E-state index is 13.0. The van der Waals surface area contributed by atoms with Crippen LogP contribution in [0.15, 0.2) is 0 Å². The molecule has 0 aliphatic carbocycles. The molecule has 2 nitrogen and oxygen atoms in total. The van der Waals surface area contributed by atoms with Crippen LogP contribution in [0.1, 0.15) is 68.7 Å². The van der Waals surface area contributed by atoms with E-state index in [2.05, 4.69) is 67.2 Å². The molecule has 0 aromatic heterocycles. The van der Waals surface area contributed by atoms with E-state index >= 15 is 0 Å². The lowest BCUT2D eigenvalue weighted by Crippen LogP contribution is -2.58. The lowest BCUT2D eigenvalue weighted by Gasteiger charge is -2.52. The van der Waals surface area contributed by atoms with Gasteiger partial charge in [-0.05, 0) is 43.9 Å². The minimum Gasteiger partial charge on any atom is -0.338 e. The van der Waals surface area contributed by atoms with Gasteiger partial charge in [0.25, 0.3) is 0 Å². The first-order valence-electron chi connectivity index (χ1n) is 7.58. The van der Waals surface area contributed by atoms with E-state index < -0.39 is 0 Å². The number of likely N-dealkylation sites (tertiary alicyclic amines) is 1. The summed E-state index contributed by atoms with van der Waals surface area (Å²) < 4.78 is 0. The molecule has 1 amide bonds. The van der Waals surface area contributed by atoms with Gasteiger partial charge in [-0.25, -0.2) is 0 Å². The van der Waals surface area contributed by atoms with Crippen molar-refractivity contribution >= 4 is 5.91 Å². The van der Waals surface area contributed by atoms with E-state index in [1.165, 1.54) is 0 Å². The van der Waals surface area contributed by atoms with Gasteiger partial charge < -0.3 is 4.90 Å². The highest BCUT2D eigenvalue weighted by Gasteiger charge is 2.49. The lowest BCUT2D eigenvalue weighted by atomic mass is 9.61. The Morgan fingerprint density at radius 2 is 1.37 bits per heavy atom. The second-order valence-electron chi connectivity index (χ2n) is 9.27. The molecule has 0 N–H and O–H groups in total. The fraction of sp³-hybridized carbons (Fsp3) is 0.941. The van der Waals surface area contributed by atoms with Gasteiger partial charge in [0.15, 0.2) is 0 Å². The highest BCUT2D eigenvalue weighted by atomic mass is 16.2. The van der Waals surface area contributed by atoms with Gasteiger partial charge in [0.2, 0.25) is 5.91 Å². The molecular formula is C17H33NO. The number of piperidine rings is 1. The molecule has 0 radical (unpaired) electrons. The summed E-state index contributed by atoms with van der Waals surface area (Å²) in [6, 6.07) is 0. The number of hydrogen-bond donors (Lipinski definition) is 0. The summed E-state index contributed by atoms with van der Waals surface area (Å²) in [5.74, 6) is 0.949. The Morgan fingerprint density at radius 3 is 1.68 bits per heavy atom. The van der Waals surface area contributed by atoms with Gasteiger partial charge in [0.1, 0.15) is 0 Å². The molecule has 19 heavy (non-hydrogen) atoms. The number of hydrogen-bond acceptors (Lipinski definition) is 1. The number of carbonyl (C=O) groups excluding carboxylic acids is 1. The average molecular weight is 267 g/mol. The van der Waals surface area contributed by atoms with E-state index in [0.29, 0.717) is 11.8 Å². The van der Waals surface area contributed by atoms with Gasteiger partial charge in [-0.15, -0.1) is 0 Å². The zero-order valence-electron chi connectivity index (χ0n) is 14.4. The van der Waals surface area contributed by atoms with Crippen molar-refractivity contribution in [3.63, 3.8) is 0 Å². The highest BCUT2D eigenvalue weighted by Crippen LogP contribution is 2.47. The number of nitrogens with zero attached hydrogens (tertiary/aromatic N) is 1. The van der Waals surface area contributed by atoms with Crippen LogP contribution < -0.4 is 0 Å². The summed E-state index contributed by atoms with van der Waals surface area (Å²) in [6.07, 6.45) is 1.12. The summed E-state index contributed by atoms with van der Waals surface area (Å²) in [5, 5.41) is 0. The normalized spacial score (nSPS) is 26.8. The predicted octanol–water partition coefficient (Wildman–Crippen LogP) is 4.34. The lowest BCUT2D eigenvalue weighted by molar-refractivity contribution is -0.156. The smallest absolute Gasteiger partial charge is 0.226 e. The minimum absolute atomic E-state index is 0.0267. The van der Waals surface area contributed by atoms with Crippen LogP contribution in [0.5, 0.6) is 0 Å². The minimum atomic E-state index is -0.0660. The van der Waals surface area contributed by atoms with E-state index in [1.807, 2.05) is 0 Å². The molecule has 0 saturated carbocycles. The van der Waals surface area contributed by atoms with Gasteiger partial charge in [-0.3, -0.25) is 4.79 Å². The van der Waals surface area contributed by atoms with Gasteiger partial charge in [-0.1, -0.05) is 41.5 Å². The van der Waals surface area contributed by atoms with Crippen molar-refractivity contribution < 1.29 is 4.79 Å². The molecule has 1 saturated heterocycles. The van der Waals surface area contributed by atoms with Crippen LogP contribution in [-0.2, 0) is 4.79 Å². The first-order chi connectivity index (χ1) is 8.26. The molecule has 0 spiro atoms. The number of amides is 1. The van der Waals surface area contributed by atoms with Crippen molar-refractivity contribution in [2.75, 3.05) is 6.54 Å². The van der Waals surface area contributed by atoms with Crippen LogP contribution in [0.2, 0.25) is 0 Å². The van der Waals surface area contributed by atoms with E-state index in [9.17, 15) is 4.79 Å². The summed E-state index contributed by atoms with van der Waals surface area (Å²) in [7, 11) is 0. The molecule has 1 fully saturated rings. The summed E-state index contributed by atoms with van der Waals surface area (Å²) in [6.45, 7) is 20.8. The molecular weight excluding hydrogens is 234 g/mol. The molecule has 1 aliphatic rings. The molecule has 1 aliphatic heterocycles. The van der Waals surface area contributed by atoms with Crippen LogP contribution >= 0.6 is 0 Å². The Bertz CT molecular complexity index is 338. The van der Waals surface area contributed by atoms with Crippen molar-refractivity contribution in [1.29, 1.82) is 0 Å². The standard InChI is InChI=1S/C17H33NO/c1-15(2,3)12-10-11-18(17(7,8)9)14(19)13(12)16(4,5)6/h12-13H,10-11H2,1-9H3. The Morgan fingerprint density at radius 1 is 0.895 bits per heavy atom. The second kappa shape index (κ2) is 4.79. The molecule has 0 aromatic rings. The maximum Gasteiger partial charge on any atom is 0.226 e. The van der Waals surface area contributed by atoms with Crippen molar-refractivity contribution in [2.24, 2.45) is 22.7 Å². The van der Waals surface area contributed by atoms with E-state index in [1.54, 1.807) is 0 Å². The summed E-state index contributed by atoms with van der Waals surface area (Å²) in [4.78, 5) is 15.1. The molecule has 112 valence electrons. The topological polar surface area (TPSA) is 20.3 Å². The van der Waals surface area contributed by atoms with Crippen molar-refractivity contribution in [2.45, 2.75) is 74.3 Å². The van der Waals surface area contributed by atoms with Crippen LogP contribution in [0, 0.1) is 22.7 Å². The molecule has 1 heterocycles. The van der Waals surface area contributed by atoms with Crippen LogP contribution in [0.25, 0.3) is 0 Å². The second-order valence-corrected chi connectivity index (χ2v) is 9.27. The third-order valence-electron chi connectivity index (χ3n) is 4.45. The van der Waals surface area contributed by atoms with Crippen LogP contribution in [-0.4, -0.2) is 22.9 Å². The SMILES string of the molecule is CC(C)(C)C1CCN(C(C)(C)C)C(=O)C1C(C)(C)C. The third kappa shape index (κ3) is 3.52. The quantitative estimate of drug-likeness (QED) is 0.639. The van der Waals surface area contributed by atoms with Crippen LogP contribution in [0.3, 0.4) is 0 Å². The van der Waals surface area contributed by atoms with Gasteiger partial charge in [-0.2, -0.15) is 0 Å². The largest absolute Gasteiger partial charge is 0.338 e. The first-order valence-corrected chi connectivity index (χ1v) is 7.58. The van der Waals surface area contributed by atoms with E-state index in [4.69, 9.17) is 0 Å². The zero-order chi connectivity index (χ0) is 15.2. The van der Waals surface area contributed by atoms with Crippen molar-refractivity contribution in [3.05, 3.63) is 0 Å². The Hall–Kier alpha value is -0.530. The van der Waals surface area contributed by atoms with Crippen LogP contribution in [0.4, 0.5) is 0 Å². The molecule has 0 bridgehead atoms. The summed E-state index contributed by atoms with van der Waals surface area (Å²) in [5.41, 5.74) is 0.153. The fourth-order valence-electron chi connectivity index (χ4n) is 3.46. The predicted molar refractivity (Wildman–Crippen MR) is 82.0 cm³/mol.